The van der Waals surface area contributed by atoms with Crippen LogP contribution in [-0.2, 0) is 10.0 Å². The number of nitrogens with one attached hydrogen (secondary N) is 2. The van der Waals surface area contributed by atoms with Gasteiger partial charge in [0.15, 0.2) is 5.75 Å². The van der Waals surface area contributed by atoms with Crippen molar-refractivity contribution in [2.75, 3.05) is 23.7 Å². The second-order valence-corrected chi connectivity index (χ2v) is 9.49. The van der Waals surface area contributed by atoms with Gasteiger partial charge in [0.25, 0.3) is 0 Å². The summed E-state index contributed by atoms with van der Waals surface area (Å²) in [6.45, 7) is 4.62. The zero-order valence-corrected chi connectivity index (χ0v) is 18.6. The van der Waals surface area contributed by atoms with Crippen molar-refractivity contribution in [1.29, 1.82) is 0 Å². The van der Waals surface area contributed by atoms with Crippen molar-refractivity contribution in [3.8, 4) is 5.75 Å². The molecule has 1 aliphatic heterocycles. The maximum Gasteiger partial charge on any atom is 0.366 e. The number of aromatic hydroxyl groups is 1. The van der Waals surface area contributed by atoms with Gasteiger partial charge < -0.3 is 20.0 Å². The van der Waals surface area contributed by atoms with Crippen molar-refractivity contribution in [3.05, 3.63) is 41.9 Å². The number of hydrogen-bond donors (Lipinski definition) is 4. The maximum absolute atomic E-state index is 12.9. The summed E-state index contributed by atoms with van der Waals surface area (Å²) >= 11 is 0. The van der Waals surface area contributed by atoms with E-state index in [2.05, 4.69) is 15.8 Å². The highest BCUT2D eigenvalue weighted by atomic mass is 32.2. The number of furan rings is 1. The molecule has 1 fully saturated rings. The first-order valence-electron chi connectivity index (χ1n) is 10.3. The molecule has 0 unspecified atom stereocenters. The van der Waals surface area contributed by atoms with Gasteiger partial charge in [0.2, 0.25) is 10.0 Å². The maximum atomic E-state index is 12.9. The highest BCUT2D eigenvalue weighted by Gasteiger charge is 2.32. The van der Waals surface area contributed by atoms with Gasteiger partial charge in [-0.1, -0.05) is 17.6 Å². The second-order valence-electron chi connectivity index (χ2n) is 7.59. The van der Waals surface area contributed by atoms with E-state index < -0.39 is 15.8 Å². The van der Waals surface area contributed by atoms with Gasteiger partial charge in [0.05, 0.1) is 5.69 Å². The molecule has 0 radical (unpaired) electrons. The fourth-order valence-corrected chi connectivity index (χ4v) is 5.29. The smallest absolute Gasteiger partial charge is 0.366 e. The molecule has 12 heteroatoms. The lowest BCUT2D eigenvalue weighted by atomic mass is 10.2. The molecule has 1 atom stereocenters. The largest absolute Gasteiger partial charge is 0.504 e. The van der Waals surface area contributed by atoms with E-state index in [-0.39, 0.29) is 28.3 Å². The Morgan fingerprint density at radius 3 is 2.66 bits per heavy atom. The summed E-state index contributed by atoms with van der Waals surface area (Å²) in [5.74, 6) is 1.12. The summed E-state index contributed by atoms with van der Waals surface area (Å²) in [6.07, 6.45) is 2.21. The van der Waals surface area contributed by atoms with E-state index in [0.29, 0.717) is 30.2 Å². The predicted molar refractivity (Wildman–Crippen MR) is 113 cm³/mol. The molecule has 172 valence electrons. The monoisotopic (exact) mass is 464 g/mol. The van der Waals surface area contributed by atoms with Crippen LogP contribution in [0.15, 0.2) is 44.3 Å². The Morgan fingerprint density at radius 1 is 1.25 bits per heavy atom. The van der Waals surface area contributed by atoms with Crippen molar-refractivity contribution < 1.29 is 32.7 Å². The van der Waals surface area contributed by atoms with Gasteiger partial charge in [-0.05, 0) is 50.5 Å². The number of aryl methyl sites for hydroxylation is 1. The van der Waals surface area contributed by atoms with Crippen LogP contribution in [0.25, 0.3) is 0 Å². The summed E-state index contributed by atoms with van der Waals surface area (Å²) in [4.78, 5) is 0.250. The Balaban J connectivity index is 1.62. The summed E-state index contributed by atoms with van der Waals surface area (Å²) in [7, 11) is -3.83. The van der Waals surface area contributed by atoms with Gasteiger partial charge >= 0.3 is 11.6 Å². The van der Waals surface area contributed by atoms with Gasteiger partial charge in [-0.2, -0.15) is 4.31 Å². The number of phenols is 1. The lowest BCUT2D eigenvalue weighted by Crippen LogP contribution is -2.32. The topological polar surface area (TPSA) is 145 Å². The van der Waals surface area contributed by atoms with Gasteiger partial charge in [0, 0.05) is 13.1 Å². The van der Waals surface area contributed by atoms with Gasteiger partial charge in [-0.15, -0.1) is 0 Å². The summed E-state index contributed by atoms with van der Waals surface area (Å²) in [6, 6.07) is 7.75. The van der Waals surface area contributed by atoms with E-state index in [1.165, 1.54) is 22.5 Å². The lowest BCUT2D eigenvalue weighted by Gasteiger charge is -2.17. The SMILES string of the molecule is CC[C@@H](Nc1c(Nc2cccc(S(=O)(=O)N3CCCC3)c2O)no[n+]1O)c1ccc(C)o1. The molecule has 2 aromatic heterocycles. The number of benzene rings is 1. The highest BCUT2D eigenvalue weighted by molar-refractivity contribution is 7.89. The number of phenolic OH excluding ortho intramolecular Hbond substituents is 1. The van der Waals surface area contributed by atoms with Crippen molar-refractivity contribution >= 4 is 27.3 Å². The summed E-state index contributed by atoms with van der Waals surface area (Å²) in [5.41, 5.74) is 0.101. The van der Waals surface area contributed by atoms with E-state index >= 15 is 0 Å². The second kappa shape index (κ2) is 8.71. The number of aromatic nitrogens is 2. The molecular weight excluding hydrogens is 438 g/mol. The molecule has 3 heterocycles. The Morgan fingerprint density at radius 2 is 2.00 bits per heavy atom. The normalized spacial score (nSPS) is 15.7. The highest BCUT2D eigenvalue weighted by Crippen LogP contribution is 2.36. The minimum Gasteiger partial charge on any atom is -0.504 e. The Hall–Kier alpha value is -3.25. The molecule has 0 saturated carbocycles. The molecule has 0 bridgehead atoms. The van der Waals surface area contributed by atoms with Gasteiger partial charge in [0.1, 0.15) is 32.5 Å². The van der Waals surface area contributed by atoms with Crippen molar-refractivity contribution in [3.63, 3.8) is 0 Å². The Labute approximate surface area is 185 Å². The number of para-hydroxylation sites is 1. The first-order valence-corrected chi connectivity index (χ1v) is 11.8. The van der Waals surface area contributed by atoms with E-state index in [4.69, 9.17) is 9.05 Å². The van der Waals surface area contributed by atoms with Gasteiger partial charge in [-0.25, -0.2) is 8.42 Å². The Bertz CT molecular complexity index is 1200. The third-order valence-electron chi connectivity index (χ3n) is 5.38. The fraction of sp³-hybridized carbons (Fsp3) is 0.400. The molecule has 32 heavy (non-hydrogen) atoms. The van der Waals surface area contributed by atoms with Crippen LogP contribution in [0.2, 0.25) is 0 Å². The van der Waals surface area contributed by atoms with E-state index in [0.717, 1.165) is 18.6 Å². The number of sulfonamides is 1. The van der Waals surface area contributed by atoms with E-state index in [1.807, 2.05) is 26.0 Å². The third kappa shape index (κ3) is 4.10. The molecule has 0 amide bonds. The van der Waals surface area contributed by atoms with E-state index in [1.54, 1.807) is 0 Å². The molecular formula is C20H26N5O6S+. The summed E-state index contributed by atoms with van der Waals surface area (Å²) < 4.78 is 37.7. The molecule has 3 aromatic rings. The minimum atomic E-state index is -3.83. The zero-order valence-electron chi connectivity index (χ0n) is 17.8. The van der Waals surface area contributed by atoms with Crippen LogP contribution in [0.5, 0.6) is 5.75 Å². The van der Waals surface area contributed by atoms with Crippen LogP contribution in [0, 0.1) is 6.92 Å². The zero-order chi connectivity index (χ0) is 22.9. The van der Waals surface area contributed by atoms with E-state index in [9.17, 15) is 18.7 Å². The number of hydrogen-bond acceptors (Lipinski definition) is 9. The third-order valence-corrected chi connectivity index (χ3v) is 7.31. The number of nitrogens with zero attached hydrogens (tertiary/aromatic N) is 3. The quantitative estimate of drug-likeness (QED) is 0.292. The van der Waals surface area contributed by atoms with Crippen LogP contribution in [-0.4, -0.2) is 41.3 Å². The number of rotatable bonds is 8. The van der Waals surface area contributed by atoms with Crippen LogP contribution >= 0.6 is 0 Å². The average molecular weight is 465 g/mol. The lowest BCUT2D eigenvalue weighted by molar-refractivity contribution is -1.03. The summed E-state index contributed by atoms with van der Waals surface area (Å²) in [5, 5.41) is 30.5. The molecule has 4 rings (SSSR count). The standard InChI is InChI=1S/C20H25N5O6S/c1-3-14(16-10-9-13(2)30-16)22-20-19(23-31-25(20)27)21-15-7-6-8-17(18(15)26)32(28,29)24-11-4-5-12-24/h6-10,14,27H,3-5,11-12H2,1-2H3,(H2,21,22,23,26)/p+1/t14-/m1/s1. The predicted octanol–water partition coefficient (Wildman–Crippen LogP) is 2.90. The average Bonchev–Trinajstić information content (AvgIpc) is 3.51. The molecule has 1 saturated heterocycles. The van der Waals surface area contributed by atoms with Crippen molar-refractivity contribution in [1.82, 2.24) is 9.46 Å². The molecule has 1 aromatic carbocycles. The van der Waals surface area contributed by atoms with Crippen LogP contribution in [0.4, 0.5) is 17.3 Å². The fourth-order valence-electron chi connectivity index (χ4n) is 3.67. The van der Waals surface area contributed by atoms with Crippen LogP contribution < -0.4 is 15.5 Å². The van der Waals surface area contributed by atoms with Gasteiger partial charge in [-0.3, -0.25) is 5.32 Å². The molecule has 0 aliphatic carbocycles. The number of anilines is 3. The molecule has 11 nitrogen and oxygen atoms in total. The van der Waals surface area contributed by atoms with Crippen molar-refractivity contribution in [2.24, 2.45) is 0 Å². The van der Waals surface area contributed by atoms with Crippen LogP contribution in [0.3, 0.4) is 0 Å². The Kier molecular flexibility index (Phi) is 5.98. The first-order chi connectivity index (χ1) is 15.3. The molecule has 4 N–H and O–H groups in total. The minimum absolute atomic E-state index is 0.0558. The molecule has 0 spiro atoms. The van der Waals surface area contributed by atoms with Crippen LogP contribution in [0.1, 0.15) is 43.7 Å². The molecule has 1 aliphatic rings. The first kappa shape index (κ1) is 22.0. The van der Waals surface area contributed by atoms with Crippen molar-refractivity contribution in [2.45, 2.75) is 44.0 Å².